The summed E-state index contributed by atoms with van der Waals surface area (Å²) in [5.74, 6) is 0.879. The molecule has 2 fully saturated rings. The molecule has 5 atom stereocenters. The zero-order valence-electron chi connectivity index (χ0n) is 16.3. The van der Waals surface area contributed by atoms with Crippen LogP contribution in [-0.2, 0) is 16.1 Å². The molecular weight excluding hydrogens is 322 g/mol. The Kier molecular flexibility index (Phi) is 4.68. The van der Waals surface area contributed by atoms with Gasteiger partial charge in [0.05, 0.1) is 5.92 Å². The number of rotatable bonds is 4. The maximum atomic E-state index is 12.6. The monoisotopic (exact) mass is 353 g/mol. The number of carbonyl (C=O) groups excluding carboxylic acids is 1. The number of allylic oxidation sites excluding steroid dienone is 1. The molecule has 1 saturated carbocycles. The molecule has 3 heteroatoms. The average molecular weight is 354 g/mol. The van der Waals surface area contributed by atoms with Crippen molar-refractivity contribution >= 4 is 5.97 Å². The first kappa shape index (κ1) is 17.8. The Morgan fingerprint density at radius 3 is 2.81 bits per heavy atom. The lowest BCUT2D eigenvalue weighted by Crippen LogP contribution is -2.40. The van der Waals surface area contributed by atoms with Crippen LogP contribution in [0.3, 0.4) is 0 Å². The van der Waals surface area contributed by atoms with Crippen LogP contribution in [0.5, 0.6) is 0 Å². The number of esters is 1. The first-order chi connectivity index (χ1) is 12.5. The normalized spacial score (nSPS) is 36.3. The van der Waals surface area contributed by atoms with E-state index in [2.05, 4.69) is 56.1 Å². The molecule has 0 amide bonds. The highest BCUT2D eigenvalue weighted by atomic mass is 16.6. The van der Waals surface area contributed by atoms with Gasteiger partial charge in [-0.25, -0.2) is 0 Å². The topological polar surface area (TPSA) is 29.5 Å². The van der Waals surface area contributed by atoms with E-state index in [0.717, 1.165) is 19.5 Å². The second kappa shape index (κ2) is 6.84. The lowest BCUT2D eigenvalue weighted by atomic mass is 9.59. The Morgan fingerprint density at radius 2 is 2.04 bits per heavy atom. The first-order valence-electron chi connectivity index (χ1n) is 10.1. The van der Waals surface area contributed by atoms with Crippen molar-refractivity contribution in [1.29, 1.82) is 0 Å². The molecule has 1 saturated heterocycles. The molecule has 0 N–H and O–H groups in total. The summed E-state index contributed by atoms with van der Waals surface area (Å²) in [6.07, 6.45) is 7.36. The smallest absolute Gasteiger partial charge is 0.311 e. The Hall–Kier alpha value is -1.61. The van der Waals surface area contributed by atoms with Gasteiger partial charge in [-0.05, 0) is 43.2 Å². The summed E-state index contributed by atoms with van der Waals surface area (Å²) in [5, 5.41) is 0. The number of carbonyl (C=O) groups is 1. The van der Waals surface area contributed by atoms with Gasteiger partial charge in [0.2, 0.25) is 0 Å². The zero-order chi connectivity index (χ0) is 18.3. The summed E-state index contributed by atoms with van der Waals surface area (Å²) in [7, 11) is 2.11. The van der Waals surface area contributed by atoms with Gasteiger partial charge in [-0.3, -0.25) is 4.79 Å². The van der Waals surface area contributed by atoms with Crippen LogP contribution in [0, 0.1) is 23.2 Å². The van der Waals surface area contributed by atoms with Gasteiger partial charge in [0.1, 0.15) is 6.10 Å². The SMILES string of the molecule is C[C@H]1CCC[C@]2(C)C[C@H]3OC(=O)[C@@H](CN(C)Cc4ccccc4)[C@H]3C=C12. The third kappa shape index (κ3) is 3.22. The molecule has 4 rings (SSSR count). The highest BCUT2D eigenvalue weighted by molar-refractivity contribution is 5.76. The molecule has 0 aromatic heterocycles. The fourth-order valence-electron chi connectivity index (χ4n) is 5.55. The molecule has 140 valence electrons. The maximum absolute atomic E-state index is 12.6. The second-order valence-electron chi connectivity index (χ2n) is 9.02. The summed E-state index contributed by atoms with van der Waals surface area (Å²) < 4.78 is 5.87. The molecule has 26 heavy (non-hydrogen) atoms. The molecule has 3 nitrogen and oxygen atoms in total. The number of nitrogens with zero attached hydrogens (tertiary/aromatic N) is 1. The van der Waals surface area contributed by atoms with Gasteiger partial charge in [-0.15, -0.1) is 0 Å². The minimum absolute atomic E-state index is 0.00617. The summed E-state index contributed by atoms with van der Waals surface area (Å²) in [4.78, 5) is 14.9. The summed E-state index contributed by atoms with van der Waals surface area (Å²) in [6.45, 7) is 6.38. The van der Waals surface area contributed by atoms with Crippen molar-refractivity contribution in [2.45, 2.75) is 52.2 Å². The van der Waals surface area contributed by atoms with Crippen LogP contribution in [-0.4, -0.2) is 30.6 Å². The molecule has 0 spiro atoms. The molecule has 1 heterocycles. The number of fused-ring (bicyclic) bond motifs is 2. The minimum Gasteiger partial charge on any atom is -0.461 e. The Labute approximate surface area is 157 Å². The molecule has 1 aromatic rings. The third-order valence-corrected chi connectivity index (χ3v) is 6.89. The average Bonchev–Trinajstić information content (AvgIpc) is 2.88. The minimum atomic E-state index is -0.0279. The Morgan fingerprint density at radius 1 is 1.27 bits per heavy atom. The van der Waals surface area contributed by atoms with Crippen LogP contribution in [0.25, 0.3) is 0 Å². The summed E-state index contributed by atoms with van der Waals surface area (Å²) >= 11 is 0. The standard InChI is InChI=1S/C23H31NO2/c1-16-8-7-11-23(2)13-21-18(12-20(16)23)19(22(25)26-21)15-24(3)14-17-9-5-4-6-10-17/h4-6,9-10,12,16,18-19,21H,7-8,11,13-15H2,1-3H3/t16-,18+,19-,21+,23+/m0/s1. The van der Waals surface area contributed by atoms with E-state index in [4.69, 9.17) is 4.74 Å². The molecule has 0 unspecified atom stereocenters. The lowest BCUT2D eigenvalue weighted by Gasteiger charge is -2.46. The van der Waals surface area contributed by atoms with Crippen LogP contribution in [0.1, 0.15) is 45.1 Å². The molecule has 0 bridgehead atoms. The van der Waals surface area contributed by atoms with Gasteiger partial charge in [-0.2, -0.15) is 0 Å². The van der Waals surface area contributed by atoms with Gasteiger partial charge in [0, 0.05) is 19.0 Å². The summed E-state index contributed by atoms with van der Waals surface area (Å²) in [5.41, 5.74) is 3.12. The van der Waals surface area contributed by atoms with Crippen LogP contribution < -0.4 is 0 Å². The van der Waals surface area contributed by atoms with Crippen LogP contribution in [0.4, 0.5) is 0 Å². The van der Waals surface area contributed by atoms with Crippen molar-refractivity contribution < 1.29 is 9.53 Å². The van der Waals surface area contributed by atoms with Crippen LogP contribution in [0.15, 0.2) is 42.0 Å². The molecule has 1 aromatic carbocycles. The van der Waals surface area contributed by atoms with Gasteiger partial charge in [0.15, 0.2) is 0 Å². The van der Waals surface area contributed by atoms with E-state index in [-0.39, 0.29) is 29.3 Å². The fourth-order valence-corrected chi connectivity index (χ4v) is 5.55. The zero-order valence-corrected chi connectivity index (χ0v) is 16.3. The van der Waals surface area contributed by atoms with Gasteiger partial charge in [-0.1, -0.05) is 62.2 Å². The predicted molar refractivity (Wildman–Crippen MR) is 103 cm³/mol. The number of hydrogen-bond donors (Lipinski definition) is 0. The van der Waals surface area contributed by atoms with Crippen LogP contribution >= 0.6 is 0 Å². The lowest BCUT2D eigenvalue weighted by molar-refractivity contribution is -0.145. The van der Waals surface area contributed by atoms with E-state index in [1.165, 1.54) is 24.8 Å². The molecule has 1 aliphatic heterocycles. The third-order valence-electron chi connectivity index (χ3n) is 6.89. The molecular formula is C23H31NO2. The number of benzene rings is 1. The van der Waals surface area contributed by atoms with Gasteiger partial charge < -0.3 is 9.64 Å². The van der Waals surface area contributed by atoms with Gasteiger partial charge in [0.25, 0.3) is 0 Å². The van der Waals surface area contributed by atoms with E-state index < -0.39 is 0 Å². The molecule has 0 radical (unpaired) electrons. The maximum Gasteiger partial charge on any atom is 0.311 e. The van der Waals surface area contributed by atoms with E-state index in [1.807, 2.05) is 6.07 Å². The Balaban J connectivity index is 1.51. The van der Waals surface area contributed by atoms with Crippen LogP contribution in [0.2, 0.25) is 0 Å². The Bertz CT molecular complexity index is 697. The van der Waals surface area contributed by atoms with Crippen molar-refractivity contribution in [1.82, 2.24) is 4.90 Å². The van der Waals surface area contributed by atoms with Crippen molar-refractivity contribution in [3.8, 4) is 0 Å². The van der Waals surface area contributed by atoms with Crippen molar-refractivity contribution in [3.05, 3.63) is 47.5 Å². The number of hydrogen-bond acceptors (Lipinski definition) is 3. The highest BCUT2D eigenvalue weighted by Crippen LogP contribution is 2.53. The predicted octanol–water partition coefficient (Wildman–Crippen LogP) is 4.43. The summed E-state index contributed by atoms with van der Waals surface area (Å²) in [6, 6.07) is 10.5. The van der Waals surface area contributed by atoms with E-state index in [0.29, 0.717) is 5.92 Å². The van der Waals surface area contributed by atoms with E-state index in [9.17, 15) is 4.79 Å². The van der Waals surface area contributed by atoms with Crippen molar-refractivity contribution in [2.75, 3.05) is 13.6 Å². The number of ether oxygens (including phenoxy) is 1. The quantitative estimate of drug-likeness (QED) is 0.592. The van der Waals surface area contributed by atoms with Gasteiger partial charge >= 0.3 is 5.97 Å². The second-order valence-corrected chi connectivity index (χ2v) is 9.02. The van der Waals surface area contributed by atoms with E-state index in [1.54, 1.807) is 5.57 Å². The van der Waals surface area contributed by atoms with Crippen molar-refractivity contribution in [3.63, 3.8) is 0 Å². The first-order valence-corrected chi connectivity index (χ1v) is 10.1. The van der Waals surface area contributed by atoms with Crippen molar-refractivity contribution in [2.24, 2.45) is 23.2 Å². The molecule has 3 aliphatic rings. The van der Waals surface area contributed by atoms with E-state index >= 15 is 0 Å². The molecule has 2 aliphatic carbocycles. The fraction of sp³-hybridized carbons (Fsp3) is 0.609. The highest BCUT2D eigenvalue weighted by Gasteiger charge is 2.51. The largest absolute Gasteiger partial charge is 0.461 e.